The van der Waals surface area contributed by atoms with E-state index in [-0.39, 0.29) is 17.6 Å². The quantitative estimate of drug-likeness (QED) is 0.639. The van der Waals surface area contributed by atoms with Gasteiger partial charge in [-0.1, -0.05) is 26.8 Å². The van der Waals surface area contributed by atoms with E-state index < -0.39 is 6.10 Å². The maximum Gasteiger partial charge on any atom is 0.138 e. The zero-order chi connectivity index (χ0) is 9.72. The first-order chi connectivity index (χ1) is 5.54. The van der Waals surface area contributed by atoms with Crippen LogP contribution >= 0.6 is 0 Å². The first-order valence-electron chi connectivity index (χ1n) is 4.37. The predicted molar refractivity (Wildman–Crippen MR) is 49.8 cm³/mol. The zero-order valence-electron chi connectivity index (χ0n) is 8.08. The largest absolute Gasteiger partial charge is 0.392 e. The van der Waals surface area contributed by atoms with Crippen molar-refractivity contribution in [2.24, 2.45) is 11.8 Å². The van der Waals surface area contributed by atoms with Gasteiger partial charge in [0.15, 0.2) is 0 Å². The highest BCUT2D eigenvalue weighted by molar-refractivity contribution is 5.80. The van der Waals surface area contributed by atoms with Crippen LogP contribution in [0.3, 0.4) is 0 Å². The predicted octanol–water partition coefficient (Wildman–Crippen LogP) is 1.78. The van der Waals surface area contributed by atoms with Crippen molar-refractivity contribution in [1.29, 1.82) is 0 Å². The van der Waals surface area contributed by atoms with Crippen LogP contribution in [0.4, 0.5) is 0 Å². The first kappa shape index (κ1) is 11.4. The Morgan fingerprint density at radius 1 is 1.58 bits per heavy atom. The maximum absolute atomic E-state index is 11.2. The second kappa shape index (κ2) is 5.09. The molecule has 0 aromatic carbocycles. The van der Waals surface area contributed by atoms with Gasteiger partial charge < -0.3 is 5.11 Å². The smallest absolute Gasteiger partial charge is 0.138 e. The lowest BCUT2D eigenvalue weighted by atomic mass is 9.89. The summed E-state index contributed by atoms with van der Waals surface area (Å²) in [6.07, 6.45) is 1.57. The molecule has 0 aliphatic rings. The summed E-state index contributed by atoms with van der Waals surface area (Å²) >= 11 is 0. The molecule has 0 spiro atoms. The van der Waals surface area contributed by atoms with Crippen LogP contribution in [0.5, 0.6) is 0 Å². The standard InChI is InChI=1S/C10H18O2/c1-5-7(3)10(12)8(4)9(11)6-2/h5,7-8,10,12H,1,6H2,2-4H3/t7-,8+,10+/m1/s1. The molecule has 3 atom stereocenters. The molecule has 1 N–H and O–H groups in total. The molecule has 0 radical (unpaired) electrons. The molecule has 0 unspecified atom stereocenters. The SMILES string of the molecule is C=C[C@@H](C)[C@H](O)[C@@H](C)C(=O)CC. The Morgan fingerprint density at radius 3 is 2.42 bits per heavy atom. The lowest BCUT2D eigenvalue weighted by Crippen LogP contribution is -2.29. The number of hydrogen-bond acceptors (Lipinski definition) is 2. The molecular weight excluding hydrogens is 152 g/mol. The molecule has 0 saturated carbocycles. The van der Waals surface area contributed by atoms with Crippen molar-refractivity contribution in [2.45, 2.75) is 33.3 Å². The lowest BCUT2D eigenvalue weighted by molar-refractivity contribution is -0.126. The molecule has 2 nitrogen and oxygen atoms in total. The monoisotopic (exact) mass is 170 g/mol. The van der Waals surface area contributed by atoms with Gasteiger partial charge in [-0.2, -0.15) is 0 Å². The number of aliphatic hydroxyl groups excluding tert-OH is 1. The van der Waals surface area contributed by atoms with Crippen molar-refractivity contribution in [3.8, 4) is 0 Å². The van der Waals surface area contributed by atoms with Gasteiger partial charge in [-0.25, -0.2) is 0 Å². The number of Topliss-reactive ketones (excluding diaryl/α,β-unsaturated/α-hetero) is 1. The minimum atomic E-state index is -0.588. The molecular formula is C10H18O2. The molecule has 0 saturated heterocycles. The van der Waals surface area contributed by atoms with Crippen molar-refractivity contribution in [1.82, 2.24) is 0 Å². The number of rotatable bonds is 5. The first-order valence-corrected chi connectivity index (χ1v) is 4.37. The minimum Gasteiger partial charge on any atom is -0.392 e. The summed E-state index contributed by atoms with van der Waals surface area (Å²) in [5.41, 5.74) is 0. The third-order valence-electron chi connectivity index (χ3n) is 2.28. The van der Waals surface area contributed by atoms with Gasteiger partial charge in [0.25, 0.3) is 0 Å². The molecule has 0 aliphatic carbocycles. The molecule has 0 bridgehead atoms. The van der Waals surface area contributed by atoms with Gasteiger partial charge in [0.05, 0.1) is 6.10 Å². The maximum atomic E-state index is 11.2. The molecule has 0 aromatic heterocycles. The summed E-state index contributed by atoms with van der Waals surface area (Å²) in [6, 6.07) is 0. The number of carbonyl (C=O) groups excluding carboxylic acids is 1. The van der Waals surface area contributed by atoms with Crippen LogP contribution in [0.1, 0.15) is 27.2 Å². The number of aliphatic hydroxyl groups is 1. The van der Waals surface area contributed by atoms with Crippen LogP contribution < -0.4 is 0 Å². The minimum absolute atomic E-state index is 0.0181. The Kier molecular flexibility index (Phi) is 4.83. The van der Waals surface area contributed by atoms with E-state index in [9.17, 15) is 9.90 Å². The topological polar surface area (TPSA) is 37.3 Å². The Hall–Kier alpha value is -0.630. The third-order valence-corrected chi connectivity index (χ3v) is 2.28. The zero-order valence-corrected chi connectivity index (χ0v) is 8.08. The molecule has 2 heteroatoms. The summed E-state index contributed by atoms with van der Waals surface area (Å²) in [7, 11) is 0. The van der Waals surface area contributed by atoms with Crippen LogP contribution in [0, 0.1) is 11.8 Å². The third kappa shape index (κ3) is 2.78. The van der Waals surface area contributed by atoms with Gasteiger partial charge in [-0.3, -0.25) is 4.79 Å². The summed E-state index contributed by atoms with van der Waals surface area (Å²) < 4.78 is 0. The summed E-state index contributed by atoms with van der Waals surface area (Å²) in [5, 5.41) is 9.60. The van der Waals surface area contributed by atoms with Gasteiger partial charge in [0.1, 0.15) is 5.78 Å². The fourth-order valence-electron chi connectivity index (χ4n) is 1.11. The van der Waals surface area contributed by atoms with E-state index in [4.69, 9.17) is 0 Å². The van der Waals surface area contributed by atoms with Crippen molar-refractivity contribution >= 4 is 5.78 Å². The van der Waals surface area contributed by atoms with Gasteiger partial charge >= 0.3 is 0 Å². The highest BCUT2D eigenvalue weighted by atomic mass is 16.3. The Morgan fingerprint density at radius 2 is 2.08 bits per heavy atom. The number of hydrogen-bond donors (Lipinski definition) is 1. The van der Waals surface area contributed by atoms with Crippen LogP contribution in [-0.2, 0) is 4.79 Å². The molecule has 0 fully saturated rings. The van der Waals surface area contributed by atoms with Crippen molar-refractivity contribution in [3.05, 3.63) is 12.7 Å². The average Bonchev–Trinajstić information content (AvgIpc) is 2.12. The summed E-state index contributed by atoms with van der Waals surface area (Å²) in [4.78, 5) is 11.2. The fourth-order valence-corrected chi connectivity index (χ4v) is 1.11. The molecule has 0 aromatic rings. The average molecular weight is 170 g/mol. The van der Waals surface area contributed by atoms with E-state index in [1.165, 1.54) is 0 Å². The van der Waals surface area contributed by atoms with E-state index in [1.807, 2.05) is 13.8 Å². The van der Waals surface area contributed by atoms with Gasteiger partial charge in [-0.15, -0.1) is 6.58 Å². The fraction of sp³-hybridized carbons (Fsp3) is 0.700. The van der Waals surface area contributed by atoms with Gasteiger partial charge in [0, 0.05) is 18.3 Å². The highest BCUT2D eigenvalue weighted by Gasteiger charge is 2.23. The van der Waals surface area contributed by atoms with Gasteiger partial charge in [-0.05, 0) is 0 Å². The van der Waals surface area contributed by atoms with E-state index >= 15 is 0 Å². The molecule has 0 heterocycles. The van der Waals surface area contributed by atoms with E-state index in [2.05, 4.69) is 6.58 Å². The van der Waals surface area contributed by atoms with E-state index in [0.29, 0.717) is 6.42 Å². The summed E-state index contributed by atoms with van der Waals surface area (Å²) in [6.45, 7) is 9.01. The molecule has 12 heavy (non-hydrogen) atoms. The van der Waals surface area contributed by atoms with Crippen LogP contribution in [0.2, 0.25) is 0 Å². The normalized spacial score (nSPS) is 18.0. The number of carbonyl (C=O) groups is 1. The second-order valence-electron chi connectivity index (χ2n) is 3.19. The molecule has 0 aliphatic heterocycles. The van der Waals surface area contributed by atoms with Crippen molar-refractivity contribution in [3.63, 3.8) is 0 Å². The summed E-state index contributed by atoms with van der Waals surface area (Å²) in [5.74, 6) is -0.185. The van der Waals surface area contributed by atoms with Crippen molar-refractivity contribution in [2.75, 3.05) is 0 Å². The number of ketones is 1. The lowest BCUT2D eigenvalue weighted by Gasteiger charge is -2.20. The Bertz CT molecular complexity index is 163. The van der Waals surface area contributed by atoms with Crippen LogP contribution in [-0.4, -0.2) is 17.0 Å². The Labute approximate surface area is 74.3 Å². The molecule has 0 amide bonds. The highest BCUT2D eigenvalue weighted by Crippen LogP contribution is 2.15. The van der Waals surface area contributed by atoms with Gasteiger partial charge in [0.2, 0.25) is 0 Å². The molecule has 0 rings (SSSR count). The molecule has 70 valence electrons. The van der Waals surface area contributed by atoms with Crippen LogP contribution in [0.25, 0.3) is 0 Å². The Balaban J connectivity index is 4.17. The van der Waals surface area contributed by atoms with Crippen LogP contribution in [0.15, 0.2) is 12.7 Å². The van der Waals surface area contributed by atoms with E-state index in [0.717, 1.165) is 0 Å². The van der Waals surface area contributed by atoms with E-state index in [1.54, 1.807) is 13.0 Å². The van der Waals surface area contributed by atoms with Crippen molar-refractivity contribution < 1.29 is 9.90 Å². The second-order valence-corrected chi connectivity index (χ2v) is 3.19.